The maximum Gasteiger partial charge on any atom is 0.255 e. The van der Waals surface area contributed by atoms with Crippen molar-refractivity contribution in [3.05, 3.63) is 23.6 Å². The molecule has 8 heteroatoms. The fourth-order valence-electron chi connectivity index (χ4n) is 1.99. The first kappa shape index (κ1) is 14.9. The molecule has 0 spiro atoms. The van der Waals surface area contributed by atoms with Gasteiger partial charge in [0.2, 0.25) is 11.8 Å². The van der Waals surface area contributed by atoms with E-state index in [4.69, 9.17) is 0 Å². The minimum Gasteiger partial charge on any atom is -0.370 e. The molecule has 1 aromatic heterocycles. The largest absolute Gasteiger partial charge is 0.370 e. The van der Waals surface area contributed by atoms with Gasteiger partial charge in [0.25, 0.3) is 5.91 Å². The Labute approximate surface area is 120 Å². The van der Waals surface area contributed by atoms with Crippen molar-refractivity contribution in [1.82, 2.24) is 15.6 Å². The lowest BCUT2D eigenvalue weighted by Crippen LogP contribution is -2.52. The number of anilines is 1. The second-order valence-corrected chi connectivity index (χ2v) is 4.56. The zero-order valence-electron chi connectivity index (χ0n) is 11.4. The lowest BCUT2D eigenvalue weighted by atomic mass is 10.1. The van der Waals surface area contributed by atoms with Gasteiger partial charge in [-0.25, -0.2) is 9.37 Å². The van der Waals surface area contributed by atoms with Crippen LogP contribution in [-0.4, -0.2) is 35.3 Å². The van der Waals surface area contributed by atoms with E-state index in [1.165, 1.54) is 0 Å². The van der Waals surface area contributed by atoms with Crippen molar-refractivity contribution in [2.75, 3.05) is 11.9 Å². The lowest BCUT2D eigenvalue weighted by Gasteiger charge is -2.22. The number of carbonyl (C=O) groups excluding carboxylic acids is 3. The number of amides is 3. The van der Waals surface area contributed by atoms with Crippen LogP contribution in [0.1, 0.15) is 30.1 Å². The molecular formula is C13H15FN4O3. The zero-order chi connectivity index (χ0) is 15.4. The van der Waals surface area contributed by atoms with Crippen molar-refractivity contribution in [3.63, 3.8) is 0 Å². The molecule has 2 heterocycles. The van der Waals surface area contributed by atoms with Crippen LogP contribution in [0.5, 0.6) is 0 Å². The summed E-state index contributed by atoms with van der Waals surface area (Å²) in [5, 5.41) is 7.47. The van der Waals surface area contributed by atoms with E-state index in [1.54, 1.807) is 0 Å². The summed E-state index contributed by atoms with van der Waals surface area (Å²) in [6.45, 7) is 2.32. The van der Waals surface area contributed by atoms with Gasteiger partial charge in [-0.05, 0) is 19.4 Å². The Morgan fingerprint density at radius 3 is 2.95 bits per heavy atom. The third kappa shape index (κ3) is 3.53. The van der Waals surface area contributed by atoms with Gasteiger partial charge in [0.05, 0.1) is 11.8 Å². The Bertz CT molecular complexity index is 591. The molecule has 1 aromatic rings. The molecule has 2 rings (SSSR count). The van der Waals surface area contributed by atoms with Crippen LogP contribution in [0.4, 0.5) is 10.2 Å². The summed E-state index contributed by atoms with van der Waals surface area (Å²) < 4.78 is 13.3. The van der Waals surface area contributed by atoms with E-state index < -0.39 is 23.7 Å². The van der Waals surface area contributed by atoms with E-state index in [9.17, 15) is 18.8 Å². The lowest BCUT2D eigenvalue weighted by molar-refractivity contribution is -0.134. The number of imide groups is 1. The summed E-state index contributed by atoms with van der Waals surface area (Å²) in [5.41, 5.74) is 0.0153. The van der Waals surface area contributed by atoms with E-state index in [-0.39, 0.29) is 30.1 Å². The number of nitrogens with zero attached hydrogens (tertiary/aromatic N) is 1. The number of aromatic nitrogens is 1. The van der Waals surface area contributed by atoms with E-state index in [0.717, 1.165) is 12.3 Å². The highest BCUT2D eigenvalue weighted by molar-refractivity contribution is 6.05. The fourth-order valence-corrected chi connectivity index (χ4v) is 1.99. The number of halogens is 1. The molecule has 1 fully saturated rings. The number of nitrogens with one attached hydrogen (secondary N) is 3. The smallest absolute Gasteiger partial charge is 0.255 e. The molecular weight excluding hydrogens is 279 g/mol. The predicted octanol–water partition coefficient (Wildman–Crippen LogP) is 0.187. The number of piperidine rings is 1. The number of carbonyl (C=O) groups is 3. The highest BCUT2D eigenvalue weighted by Crippen LogP contribution is 2.14. The van der Waals surface area contributed by atoms with Crippen molar-refractivity contribution in [2.24, 2.45) is 0 Å². The number of hydrogen-bond donors (Lipinski definition) is 3. The molecule has 0 saturated carbocycles. The van der Waals surface area contributed by atoms with Crippen LogP contribution in [0, 0.1) is 5.82 Å². The van der Waals surface area contributed by atoms with Crippen LogP contribution in [0.3, 0.4) is 0 Å². The van der Waals surface area contributed by atoms with Crippen molar-refractivity contribution in [2.45, 2.75) is 25.8 Å². The fraction of sp³-hybridized carbons (Fsp3) is 0.385. The molecule has 1 unspecified atom stereocenters. The van der Waals surface area contributed by atoms with Crippen molar-refractivity contribution in [3.8, 4) is 0 Å². The first-order valence-corrected chi connectivity index (χ1v) is 6.55. The Morgan fingerprint density at radius 1 is 1.52 bits per heavy atom. The normalized spacial score (nSPS) is 18.1. The molecule has 3 amide bonds. The summed E-state index contributed by atoms with van der Waals surface area (Å²) in [5.74, 6) is -1.96. The highest BCUT2D eigenvalue weighted by Gasteiger charge is 2.28. The second-order valence-electron chi connectivity index (χ2n) is 4.56. The second kappa shape index (κ2) is 6.29. The quantitative estimate of drug-likeness (QED) is 0.688. The molecule has 1 aliphatic heterocycles. The Hall–Kier alpha value is -2.51. The summed E-state index contributed by atoms with van der Waals surface area (Å²) in [7, 11) is 0. The van der Waals surface area contributed by atoms with Gasteiger partial charge < -0.3 is 10.6 Å². The van der Waals surface area contributed by atoms with Gasteiger partial charge in [0.15, 0.2) is 0 Å². The summed E-state index contributed by atoms with van der Waals surface area (Å²) in [6.07, 6.45) is 1.37. The number of rotatable bonds is 4. The predicted molar refractivity (Wildman–Crippen MR) is 72.0 cm³/mol. The van der Waals surface area contributed by atoms with E-state index >= 15 is 0 Å². The molecule has 0 radical (unpaired) electrons. The zero-order valence-corrected chi connectivity index (χ0v) is 11.4. The maximum atomic E-state index is 13.3. The first-order chi connectivity index (χ1) is 10.0. The van der Waals surface area contributed by atoms with Crippen molar-refractivity contribution >= 4 is 23.5 Å². The van der Waals surface area contributed by atoms with Gasteiger partial charge >= 0.3 is 0 Å². The van der Waals surface area contributed by atoms with Crippen LogP contribution in [0.2, 0.25) is 0 Å². The molecule has 0 aromatic carbocycles. The molecule has 3 N–H and O–H groups in total. The third-order valence-corrected chi connectivity index (χ3v) is 2.99. The Morgan fingerprint density at radius 2 is 2.29 bits per heavy atom. The van der Waals surface area contributed by atoms with Crippen LogP contribution in [0.15, 0.2) is 12.3 Å². The molecule has 0 bridgehead atoms. The third-order valence-electron chi connectivity index (χ3n) is 2.99. The van der Waals surface area contributed by atoms with Gasteiger partial charge in [-0.3, -0.25) is 19.7 Å². The molecule has 1 atom stereocenters. The van der Waals surface area contributed by atoms with E-state index in [0.29, 0.717) is 6.54 Å². The van der Waals surface area contributed by atoms with Crippen molar-refractivity contribution < 1.29 is 18.8 Å². The highest BCUT2D eigenvalue weighted by atomic mass is 19.1. The number of pyridine rings is 1. The topological polar surface area (TPSA) is 100 Å². The molecule has 1 aliphatic rings. The van der Waals surface area contributed by atoms with Crippen LogP contribution >= 0.6 is 0 Å². The summed E-state index contributed by atoms with van der Waals surface area (Å²) in [4.78, 5) is 38.6. The van der Waals surface area contributed by atoms with Crippen molar-refractivity contribution in [1.29, 1.82) is 0 Å². The monoisotopic (exact) mass is 294 g/mol. The summed E-state index contributed by atoms with van der Waals surface area (Å²) >= 11 is 0. The van der Waals surface area contributed by atoms with Gasteiger partial charge in [-0.15, -0.1) is 0 Å². The molecule has 0 aliphatic carbocycles. The van der Waals surface area contributed by atoms with Crippen LogP contribution in [-0.2, 0) is 9.59 Å². The van der Waals surface area contributed by atoms with Crippen LogP contribution in [0.25, 0.3) is 0 Å². The van der Waals surface area contributed by atoms with Gasteiger partial charge in [0.1, 0.15) is 17.7 Å². The van der Waals surface area contributed by atoms with E-state index in [1.807, 2.05) is 6.92 Å². The minimum absolute atomic E-state index is 0.0153. The average Bonchev–Trinajstić information content (AvgIpc) is 2.44. The van der Waals surface area contributed by atoms with Gasteiger partial charge in [-0.1, -0.05) is 0 Å². The van der Waals surface area contributed by atoms with E-state index in [2.05, 4.69) is 20.9 Å². The first-order valence-electron chi connectivity index (χ1n) is 6.55. The number of hydrogen-bond acceptors (Lipinski definition) is 5. The van der Waals surface area contributed by atoms with Gasteiger partial charge in [-0.2, -0.15) is 0 Å². The molecule has 7 nitrogen and oxygen atoms in total. The average molecular weight is 294 g/mol. The Balaban J connectivity index is 2.14. The SMILES string of the molecule is CCNc1ncc(F)cc1C(=O)NC1CCC(=O)NC1=O. The molecule has 112 valence electrons. The van der Waals surface area contributed by atoms with Crippen LogP contribution < -0.4 is 16.0 Å². The summed E-state index contributed by atoms with van der Waals surface area (Å²) in [6, 6.07) is 0.236. The maximum absolute atomic E-state index is 13.3. The van der Waals surface area contributed by atoms with Gasteiger partial charge in [0, 0.05) is 13.0 Å². The molecule has 1 saturated heterocycles. The minimum atomic E-state index is -0.812. The Kier molecular flexibility index (Phi) is 4.46. The standard InChI is InChI=1S/C13H15FN4O3/c1-2-15-11-8(5-7(14)6-16-11)12(20)17-9-3-4-10(19)18-13(9)21/h5-6,9H,2-4H2,1H3,(H,15,16)(H,17,20)(H,18,19,21). The molecule has 21 heavy (non-hydrogen) atoms.